The second-order valence-electron chi connectivity index (χ2n) is 6.54. The van der Waals surface area contributed by atoms with Crippen molar-refractivity contribution in [3.8, 4) is 5.75 Å². The average molecular weight is 276 g/mol. The molecule has 1 saturated heterocycles. The third kappa shape index (κ3) is 3.38. The zero-order chi connectivity index (χ0) is 14.8. The first-order chi connectivity index (χ1) is 9.43. The highest BCUT2D eigenvalue weighted by atomic mass is 16.5. The Kier molecular flexibility index (Phi) is 4.46. The Bertz CT molecular complexity index is 448. The summed E-state index contributed by atoms with van der Waals surface area (Å²) in [4.78, 5) is 2.45. The van der Waals surface area contributed by atoms with Gasteiger partial charge < -0.3 is 15.4 Å². The van der Waals surface area contributed by atoms with Crippen LogP contribution in [-0.4, -0.2) is 19.2 Å². The quantitative estimate of drug-likeness (QED) is 0.842. The maximum absolute atomic E-state index is 5.99. The van der Waals surface area contributed by atoms with Gasteiger partial charge in [-0.05, 0) is 44.2 Å². The van der Waals surface area contributed by atoms with Gasteiger partial charge in [-0.2, -0.15) is 0 Å². The molecule has 0 amide bonds. The van der Waals surface area contributed by atoms with Gasteiger partial charge in [-0.25, -0.2) is 0 Å². The lowest BCUT2D eigenvalue weighted by molar-refractivity contribution is 0.237. The molecule has 1 aliphatic heterocycles. The van der Waals surface area contributed by atoms with Crippen LogP contribution in [0.25, 0.3) is 0 Å². The van der Waals surface area contributed by atoms with Crippen LogP contribution in [0.2, 0.25) is 0 Å². The van der Waals surface area contributed by atoms with Crippen LogP contribution in [0.4, 0.5) is 11.4 Å². The number of ether oxygens (including phenoxy) is 1. The minimum absolute atomic E-state index is 0.150. The molecule has 20 heavy (non-hydrogen) atoms. The maximum atomic E-state index is 5.99. The Morgan fingerprint density at radius 3 is 2.50 bits per heavy atom. The lowest BCUT2D eigenvalue weighted by atomic mass is 9.78. The SMILES string of the molecule is CCC1(C)CCN(c2ccc(N)c(OC(C)C)c2)CC1. The van der Waals surface area contributed by atoms with Gasteiger partial charge in [-0.1, -0.05) is 20.3 Å². The van der Waals surface area contributed by atoms with Gasteiger partial charge in [-0.3, -0.25) is 0 Å². The molecule has 0 aliphatic carbocycles. The molecule has 0 spiro atoms. The molecule has 1 aromatic carbocycles. The predicted molar refractivity (Wildman–Crippen MR) is 86.5 cm³/mol. The molecular weight excluding hydrogens is 248 g/mol. The van der Waals surface area contributed by atoms with E-state index in [4.69, 9.17) is 10.5 Å². The first-order valence-electron chi connectivity index (χ1n) is 7.75. The van der Waals surface area contributed by atoms with Gasteiger partial charge in [0.25, 0.3) is 0 Å². The number of piperidine rings is 1. The van der Waals surface area contributed by atoms with E-state index in [0.717, 1.165) is 24.5 Å². The summed E-state index contributed by atoms with van der Waals surface area (Å²) in [6.45, 7) is 11.0. The number of benzene rings is 1. The van der Waals surface area contributed by atoms with Crippen LogP contribution in [-0.2, 0) is 0 Å². The van der Waals surface area contributed by atoms with Crippen molar-refractivity contribution in [2.45, 2.75) is 53.1 Å². The molecule has 0 unspecified atom stereocenters. The average Bonchev–Trinajstić information content (AvgIpc) is 2.42. The van der Waals surface area contributed by atoms with Crippen molar-refractivity contribution in [3.05, 3.63) is 18.2 Å². The smallest absolute Gasteiger partial charge is 0.144 e. The van der Waals surface area contributed by atoms with Crippen LogP contribution >= 0.6 is 0 Å². The number of hydrogen-bond acceptors (Lipinski definition) is 3. The third-order valence-corrected chi connectivity index (χ3v) is 4.55. The molecule has 0 bridgehead atoms. The van der Waals surface area contributed by atoms with Crippen LogP contribution in [0, 0.1) is 5.41 Å². The monoisotopic (exact) mass is 276 g/mol. The number of nitrogen functional groups attached to an aromatic ring is 1. The minimum atomic E-state index is 0.150. The van der Waals surface area contributed by atoms with Gasteiger partial charge in [0.15, 0.2) is 0 Å². The molecule has 1 aliphatic rings. The highest BCUT2D eigenvalue weighted by Crippen LogP contribution is 2.37. The van der Waals surface area contributed by atoms with E-state index < -0.39 is 0 Å². The number of nitrogens with zero attached hydrogens (tertiary/aromatic N) is 1. The summed E-state index contributed by atoms with van der Waals surface area (Å²) in [6, 6.07) is 6.15. The zero-order valence-electron chi connectivity index (χ0n) is 13.3. The summed E-state index contributed by atoms with van der Waals surface area (Å²) >= 11 is 0. The summed E-state index contributed by atoms with van der Waals surface area (Å²) in [5.41, 5.74) is 8.45. The van der Waals surface area contributed by atoms with Gasteiger partial charge in [0, 0.05) is 24.8 Å². The third-order valence-electron chi connectivity index (χ3n) is 4.55. The van der Waals surface area contributed by atoms with E-state index >= 15 is 0 Å². The van der Waals surface area contributed by atoms with E-state index in [9.17, 15) is 0 Å². The highest BCUT2D eigenvalue weighted by Gasteiger charge is 2.28. The Labute approximate surface area is 123 Å². The van der Waals surface area contributed by atoms with E-state index in [1.807, 2.05) is 19.9 Å². The molecule has 0 saturated carbocycles. The maximum Gasteiger partial charge on any atom is 0.144 e. The topological polar surface area (TPSA) is 38.5 Å². The summed E-state index contributed by atoms with van der Waals surface area (Å²) in [6.07, 6.45) is 3.93. The van der Waals surface area contributed by atoms with Crippen LogP contribution in [0.5, 0.6) is 5.75 Å². The summed E-state index contributed by atoms with van der Waals surface area (Å²) in [7, 11) is 0. The fourth-order valence-corrected chi connectivity index (χ4v) is 2.73. The molecule has 3 heteroatoms. The van der Waals surface area contributed by atoms with Gasteiger partial charge in [0.2, 0.25) is 0 Å². The molecule has 2 N–H and O–H groups in total. The summed E-state index contributed by atoms with van der Waals surface area (Å²) in [5, 5.41) is 0. The molecule has 1 fully saturated rings. The lowest BCUT2D eigenvalue weighted by Gasteiger charge is -2.40. The van der Waals surface area contributed by atoms with Crippen LogP contribution in [0.15, 0.2) is 18.2 Å². The van der Waals surface area contributed by atoms with Gasteiger partial charge in [0.05, 0.1) is 11.8 Å². The minimum Gasteiger partial charge on any atom is -0.489 e. The number of rotatable bonds is 4. The number of anilines is 2. The predicted octanol–water partition coefficient (Wildman–Crippen LogP) is 4.07. The second-order valence-corrected chi connectivity index (χ2v) is 6.54. The zero-order valence-corrected chi connectivity index (χ0v) is 13.3. The van der Waals surface area contributed by atoms with Crippen molar-refractivity contribution in [2.24, 2.45) is 5.41 Å². The normalized spacial score (nSPS) is 18.4. The molecule has 0 radical (unpaired) electrons. The molecule has 2 rings (SSSR count). The van der Waals surface area contributed by atoms with Gasteiger partial charge >= 0.3 is 0 Å². The second kappa shape index (κ2) is 5.94. The first kappa shape index (κ1) is 15.0. The van der Waals surface area contributed by atoms with E-state index in [-0.39, 0.29) is 6.10 Å². The van der Waals surface area contributed by atoms with Crippen molar-refractivity contribution >= 4 is 11.4 Å². The Balaban J connectivity index is 2.10. The van der Waals surface area contributed by atoms with E-state index in [2.05, 4.69) is 30.9 Å². The fraction of sp³-hybridized carbons (Fsp3) is 0.647. The Hall–Kier alpha value is -1.38. The van der Waals surface area contributed by atoms with E-state index in [1.54, 1.807) is 0 Å². The molecular formula is C17H28N2O. The standard InChI is InChI=1S/C17H28N2O/c1-5-17(4)8-10-19(11-9-17)14-6-7-15(18)16(12-14)20-13(2)3/h6-7,12-13H,5,8-11,18H2,1-4H3. The van der Waals surface area contributed by atoms with E-state index in [1.165, 1.54) is 24.9 Å². The first-order valence-corrected chi connectivity index (χ1v) is 7.75. The lowest BCUT2D eigenvalue weighted by Crippen LogP contribution is -2.38. The molecule has 0 aromatic heterocycles. The fourth-order valence-electron chi connectivity index (χ4n) is 2.73. The van der Waals surface area contributed by atoms with Crippen molar-refractivity contribution in [2.75, 3.05) is 23.7 Å². The molecule has 0 atom stereocenters. The van der Waals surface area contributed by atoms with Gasteiger partial charge in [0.1, 0.15) is 5.75 Å². The molecule has 1 aromatic rings. The number of nitrogens with two attached hydrogens (primary N) is 1. The largest absolute Gasteiger partial charge is 0.489 e. The van der Waals surface area contributed by atoms with Crippen molar-refractivity contribution in [1.29, 1.82) is 0 Å². The highest BCUT2D eigenvalue weighted by molar-refractivity contribution is 5.62. The van der Waals surface area contributed by atoms with Crippen molar-refractivity contribution in [3.63, 3.8) is 0 Å². The van der Waals surface area contributed by atoms with Crippen LogP contribution in [0.3, 0.4) is 0 Å². The number of hydrogen-bond donors (Lipinski definition) is 1. The van der Waals surface area contributed by atoms with Crippen molar-refractivity contribution < 1.29 is 4.74 Å². The summed E-state index contributed by atoms with van der Waals surface area (Å²) in [5.74, 6) is 0.807. The van der Waals surface area contributed by atoms with Crippen LogP contribution < -0.4 is 15.4 Å². The van der Waals surface area contributed by atoms with Gasteiger partial charge in [-0.15, -0.1) is 0 Å². The van der Waals surface area contributed by atoms with Crippen molar-refractivity contribution in [1.82, 2.24) is 0 Å². The molecule has 3 nitrogen and oxygen atoms in total. The van der Waals surface area contributed by atoms with E-state index in [0.29, 0.717) is 5.41 Å². The molecule has 112 valence electrons. The Morgan fingerprint density at radius 1 is 1.30 bits per heavy atom. The summed E-state index contributed by atoms with van der Waals surface area (Å²) < 4.78 is 5.79. The van der Waals surface area contributed by atoms with Crippen LogP contribution in [0.1, 0.15) is 47.0 Å². The Morgan fingerprint density at radius 2 is 1.95 bits per heavy atom. The molecule has 1 heterocycles.